The van der Waals surface area contributed by atoms with Crippen molar-refractivity contribution in [3.63, 3.8) is 0 Å². The second-order valence-corrected chi connectivity index (χ2v) is 4.33. The lowest BCUT2D eigenvalue weighted by Gasteiger charge is -2.28. The molecule has 8 heteroatoms. The third kappa shape index (κ3) is 4.52. The van der Waals surface area contributed by atoms with Gasteiger partial charge in [0.1, 0.15) is 0 Å². The highest BCUT2D eigenvalue weighted by Gasteiger charge is 2.57. The highest BCUT2D eigenvalue weighted by atomic mass is 19.4. The monoisotopic (exact) mass is 270 g/mol. The van der Waals surface area contributed by atoms with Gasteiger partial charge in [0, 0.05) is 19.0 Å². The molecule has 0 saturated heterocycles. The molecule has 0 heterocycles. The first-order valence-corrected chi connectivity index (χ1v) is 5.35. The molecule has 0 fully saturated rings. The van der Waals surface area contributed by atoms with E-state index in [4.69, 9.17) is 5.11 Å². The predicted molar refractivity (Wildman–Crippen MR) is 58.0 cm³/mol. The van der Waals surface area contributed by atoms with Gasteiger partial charge in [0.05, 0.1) is 0 Å². The number of halogens is 3. The maximum Gasteiger partial charge on any atom is 0.417 e. The first-order chi connectivity index (χ1) is 8.00. The van der Waals surface area contributed by atoms with Gasteiger partial charge < -0.3 is 10.4 Å². The maximum absolute atomic E-state index is 12.5. The Bertz CT molecular complexity index is 318. The van der Waals surface area contributed by atoms with Gasteiger partial charge in [0.25, 0.3) is 0 Å². The average Bonchev–Trinajstić information content (AvgIpc) is 2.13. The minimum absolute atomic E-state index is 0.119. The van der Waals surface area contributed by atoms with E-state index in [1.165, 1.54) is 0 Å². The zero-order chi connectivity index (χ0) is 14.6. The number of carbonyl (C=O) groups is 2. The summed E-state index contributed by atoms with van der Waals surface area (Å²) in [7, 11) is 0. The zero-order valence-electron chi connectivity index (χ0n) is 10.4. The Balaban J connectivity index is 4.41. The summed E-state index contributed by atoms with van der Waals surface area (Å²) in [6, 6.07) is -0.119. The molecule has 5 nitrogen and oxygen atoms in total. The topological polar surface area (TPSA) is 78.4 Å². The largest absolute Gasteiger partial charge is 0.480 e. The molecule has 0 aliphatic carbocycles. The molecule has 0 aromatic heterocycles. The Morgan fingerprint density at radius 1 is 1.28 bits per heavy atom. The molecule has 0 aromatic rings. The van der Waals surface area contributed by atoms with Crippen LogP contribution in [0.2, 0.25) is 0 Å². The third-order valence-corrected chi connectivity index (χ3v) is 2.27. The minimum Gasteiger partial charge on any atom is -0.480 e. The number of hydrogen-bond donors (Lipinski definition) is 3. The van der Waals surface area contributed by atoms with Crippen molar-refractivity contribution in [1.29, 1.82) is 0 Å². The van der Waals surface area contributed by atoms with E-state index in [1.807, 2.05) is 5.32 Å². The lowest BCUT2D eigenvalue weighted by Crippen LogP contribution is -2.60. The van der Waals surface area contributed by atoms with Crippen molar-refractivity contribution < 1.29 is 27.9 Å². The highest BCUT2D eigenvalue weighted by Crippen LogP contribution is 2.30. The van der Waals surface area contributed by atoms with Crippen LogP contribution in [0.5, 0.6) is 0 Å². The number of aliphatic carboxylic acids is 1. The van der Waals surface area contributed by atoms with Crippen LogP contribution in [-0.4, -0.2) is 41.3 Å². The van der Waals surface area contributed by atoms with Gasteiger partial charge >= 0.3 is 12.1 Å². The molecule has 0 radical (unpaired) electrons. The smallest absolute Gasteiger partial charge is 0.417 e. The number of nitrogens with one attached hydrogen (secondary N) is 2. The van der Waals surface area contributed by atoms with Crippen LogP contribution >= 0.6 is 0 Å². The van der Waals surface area contributed by atoms with Gasteiger partial charge in [-0.15, -0.1) is 0 Å². The van der Waals surface area contributed by atoms with Crippen molar-refractivity contribution in [3.05, 3.63) is 0 Å². The average molecular weight is 270 g/mol. The summed E-state index contributed by atoms with van der Waals surface area (Å²) in [5, 5.41) is 12.9. The fourth-order valence-corrected chi connectivity index (χ4v) is 1.12. The van der Waals surface area contributed by atoms with Crippen molar-refractivity contribution in [2.75, 3.05) is 6.54 Å². The van der Waals surface area contributed by atoms with Crippen molar-refractivity contribution >= 4 is 11.9 Å². The lowest BCUT2D eigenvalue weighted by atomic mass is 10.0. The molecule has 0 bridgehead atoms. The normalized spacial score (nSPS) is 15.3. The zero-order valence-corrected chi connectivity index (χ0v) is 10.4. The van der Waals surface area contributed by atoms with E-state index in [9.17, 15) is 22.8 Å². The Kier molecular flexibility index (Phi) is 5.59. The molecule has 106 valence electrons. The molecule has 0 spiro atoms. The summed E-state index contributed by atoms with van der Waals surface area (Å²) < 4.78 is 37.6. The molecule has 0 aliphatic rings. The quantitative estimate of drug-likeness (QED) is 0.670. The van der Waals surface area contributed by atoms with E-state index in [2.05, 4.69) is 5.32 Å². The van der Waals surface area contributed by atoms with Crippen LogP contribution < -0.4 is 10.6 Å². The fourth-order valence-electron chi connectivity index (χ4n) is 1.12. The molecule has 0 aliphatic heterocycles. The van der Waals surface area contributed by atoms with E-state index in [0.29, 0.717) is 6.92 Å². The second-order valence-electron chi connectivity index (χ2n) is 4.33. The SMILES string of the molecule is CC(C)NC(=O)CCNC(C)(C(=O)O)C(F)(F)F. The Morgan fingerprint density at radius 2 is 1.78 bits per heavy atom. The van der Waals surface area contributed by atoms with E-state index in [-0.39, 0.29) is 19.0 Å². The van der Waals surface area contributed by atoms with Crippen molar-refractivity contribution in [3.8, 4) is 0 Å². The number of carbonyl (C=O) groups excluding carboxylic acids is 1. The van der Waals surface area contributed by atoms with Gasteiger partial charge in [-0.1, -0.05) is 0 Å². The first-order valence-electron chi connectivity index (χ1n) is 5.35. The van der Waals surface area contributed by atoms with Gasteiger partial charge in [0.15, 0.2) is 0 Å². The molecule has 0 saturated carbocycles. The molecule has 0 aromatic carbocycles. The molecule has 0 rings (SSSR count). The molecular formula is C10H17F3N2O3. The molecule has 18 heavy (non-hydrogen) atoms. The van der Waals surface area contributed by atoms with Crippen LogP contribution in [0.3, 0.4) is 0 Å². The highest BCUT2D eigenvalue weighted by molar-refractivity contribution is 5.80. The van der Waals surface area contributed by atoms with Crippen LogP contribution in [0.1, 0.15) is 27.2 Å². The van der Waals surface area contributed by atoms with Crippen LogP contribution in [0, 0.1) is 0 Å². The predicted octanol–water partition coefficient (Wildman–Crippen LogP) is 0.896. The van der Waals surface area contributed by atoms with Crippen LogP contribution in [0.4, 0.5) is 13.2 Å². The van der Waals surface area contributed by atoms with Crippen LogP contribution in [0.15, 0.2) is 0 Å². The van der Waals surface area contributed by atoms with E-state index >= 15 is 0 Å². The molecule has 1 unspecified atom stereocenters. The van der Waals surface area contributed by atoms with E-state index < -0.39 is 23.6 Å². The Morgan fingerprint density at radius 3 is 2.11 bits per heavy atom. The summed E-state index contributed by atoms with van der Waals surface area (Å²) in [4.78, 5) is 21.8. The van der Waals surface area contributed by atoms with Gasteiger partial charge in [-0.2, -0.15) is 13.2 Å². The summed E-state index contributed by atoms with van der Waals surface area (Å²) in [6.07, 6.45) is -5.16. The first kappa shape index (κ1) is 16.7. The van der Waals surface area contributed by atoms with Gasteiger partial charge in [-0.3, -0.25) is 10.1 Å². The maximum atomic E-state index is 12.5. The van der Waals surface area contributed by atoms with Gasteiger partial charge in [0.2, 0.25) is 11.4 Å². The lowest BCUT2D eigenvalue weighted by molar-refractivity contribution is -0.206. The van der Waals surface area contributed by atoms with E-state index in [1.54, 1.807) is 13.8 Å². The molecule has 1 atom stereocenters. The summed E-state index contributed by atoms with van der Waals surface area (Å²) >= 11 is 0. The standard InChI is InChI=1S/C10H17F3N2O3/c1-6(2)15-7(16)4-5-14-9(3,8(17)18)10(11,12)13/h6,14H,4-5H2,1-3H3,(H,15,16)(H,17,18). The number of rotatable bonds is 6. The number of alkyl halides is 3. The molecule has 1 amide bonds. The Hall–Kier alpha value is -1.31. The number of carboxylic acids is 1. The van der Waals surface area contributed by atoms with Crippen LogP contribution in [0.25, 0.3) is 0 Å². The number of hydrogen-bond acceptors (Lipinski definition) is 3. The third-order valence-electron chi connectivity index (χ3n) is 2.27. The fraction of sp³-hybridized carbons (Fsp3) is 0.800. The second kappa shape index (κ2) is 6.03. The van der Waals surface area contributed by atoms with Crippen LogP contribution in [-0.2, 0) is 9.59 Å². The van der Waals surface area contributed by atoms with Crippen molar-refractivity contribution in [2.45, 2.75) is 44.9 Å². The van der Waals surface area contributed by atoms with Gasteiger partial charge in [-0.25, -0.2) is 4.79 Å². The molecular weight excluding hydrogens is 253 g/mol. The summed E-state index contributed by atoms with van der Waals surface area (Å²) in [5.41, 5.74) is -3.05. The van der Waals surface area contributed by atoms with E-state index in [0.717, 1.165) is 0 Å². The van der Waals surface area contributed by atoms with Crippen molar-refractivity contribution in [2.24, 2.45) is 0 Å². The number of carboxylic acid groups (broad SMARTS) is 1. The van der Waals surface area contributed by atoms with Crippen molar-refractivity contribution in [1.82, 2.24) is 10.6 Å². The summed E-state index contributed by atoms with van der Waals surface area (Å²) in [6.45, 7) is 3.57. The number of amides is 1. The minimum atomic E-state index is -4.94. The van der Waals surface area contributed by atoms with Gasteiger partial charge in [-0.05, 0) is 20.8 Å². The Labute approximate surface area is 103 Å². The summed E-state index contributed by atoms with van der Waals surface area (Å²) in [5.74, 6) is -2.47. The molecule has 3 N–H and O–H groups in total.